The molecular weight excluding hydrogens is 462 g/mol. The smallest absolute Gasteiger partial charge is 0.220 e. The molecule has 3 aromatic rings. The maximum atomic E-state index is 12.9. The summed E-state index contributed by atoms with van der Waals surface area (Å²) in [6.45, 7) is 6.63. The van der Waals surface area contributed by atoms with Crippen LogP contribution in [0.1, 0.15) is 53.9 Å². The number of phenolic OH excluding ortho intramolecular Hbond substituents is 1. The van der Waals surface area contributed by atoms with Gasteiger partial charge in [-0.25, -0.2) is 4.98 Å². The van der Waals surface area contributed by atoms with Crippen LogP contribution in [0.15, 0.2) is 41.8 Å². The number of carbonyl (C=O) groups is 1. The lowest BCUT2D eigenvalue weighted by atomic mass is 9.93. The van der Waals surface area contributed by atoms with E-state index in [0.29, 0.717) is 36.0 Å². The first kappa shape index (κ1) is 23.6. The highest BCUT2D eigenvalue weighted by molar-refractivity contribution is 7.09. The second-order valence-electron chi connectivity index (χ2n) is 9.61. The van der Waals surface area contributed by atoms with E-state index < -0.39 is 0 Å². The van der Waals surface area contributed by atoms with E-state index in [2.05, 4.69) is 29.4 Å². The number of aromatic hydroxyl groups is 1. The Hall–Kier alpha value is -3.10. The van der Waals surface area contributed by atoms with Crippen molar-refractivity contribution in [2.75, 3.05) is 20.2 Å². The van der Waals surface area contributed by atoms with E-state index in [1.807, 2.05) is 24.3 Å². The number of benzene rings is 2. The molecule has 0 unspecified atom stereocenters. The minimum Gasteiger partial charge on any atom is -0.504 e. The number of nitrogens with zero attached hydrogens (tertiary/aromatic N) is 2. The largest absolute Gasteiger partial charge is 0.504 e. The summed E-state index contributed by atoms with van der Waals surface area (Å²) in [7, 11) is 1.60. The summed E-state index contributed by atoms with van der Waals surface area (Å²) in [5.41, 5.74) is 3.12. The average molecular weight is 494 g/mol. The predicted molar refractivity (Wildman–Crippen MR) is 136 cm³/mol. The Morgan fingerprint density at radius 2 is 2.06 bits per heavy atom. The number of thiazole rings is 1. The molecule has 0 saturated carbocycles. The maximum Gasteiger partial charge on any atom is 0.220 e. The van der Waals surface area contributed by atoms with Gasteiger partial charge in [0.25, 0.3) is 0 Å². The van der Waals surface area contributed by atoms with E-state index >= 15 is 0 Å². The molecular formula is C27H31N3O4S. The standard InChI is InChI=1S/C27H31N3O4S/c1-16(2)21-15-35-27(29-21)14-30-12-19-18-6-8-23(33-3)25(11-18)34-24-10-17(4-7-22(24)31)5-9-26(32)28-20(19)13-30/h4,6-8,10-11,15-16,19-20,31H,5,9,12-14H2,1-3H3,(H,28,32)/t19-,20+/m0/s1. The molecule has 4 bridgehead atoms. The van der Waals surface area contributed by atoms with Crippen molar-refractivity contribution in [2.24, 2.45) is 0 Å². The molecule has 1 fully saturated rings. The van der Waals surface area contributed by atoms with Gasteiger partial charge in [0, 0.05) is 36.9 Å². The van der Waals surface area contributed by atoms with Crippen molar-refractivity contribution in [2.45, 2.75) is 51.1 Å². The summed E-state index contributed by atoms with van der Waals surface area (Å²) in [6.07, 6.45) is 0.938. The number of amides is 1. The summed E-state index contributed by atoms with van der Waals surface area (Å²) in [6, 6.07) is 11.1. The molecule has 1 amide bonds. The van der Waals surface area contributed by atoms with Crippen molar-refractivity contribution in [1.82, 2.24) is 15.2 Å². The van der Waals surface area contributed by atoms with Crippen molar-refractivity contribution in [3.63, 3.8) is 0 Å². The Morgan fingerprint density at radius 1 is 1.20 bits per heavy atom. The molecule has 7 nitrogen and oxygen atoms in total. The van der Waals surface area contributed by atoms with E-state index in [9.17, 15) is 9.90 Å². The number of hydrogen-bond donors (Lipinski definition) is 2. The van der Waals surface area contributed by atoms with Gasteiger partial charge in [0.1, 0.15) is 5.01 Å². The van der Waals surface area contributed by atoms with Crippen LogP contribution in [-0.2, 0) is 17.8 Å². The zero-order chi connectivity index (χ0) is 24.5. The van der Waals surface area contributed by atoms with E-state index in [1.54, 1.807) is 30.6 Å². The van der Waals surface area contributed by atoms with Crippen LogP contribution in [0.4, 0.5) is 0 Å². The molecule has 2 aromatic carbocycles. The molecule has 3 heterocycles. The fourth-order valence-electron chi connectivity index (χ4n) is 4.81. The number of likely N-dealkylation sites (tertiary alicyclic amines) is 1. The van der Waals surface area contributed by atoms with Crippen LogP contribution in [-0.4, -0.2) is 47.1 Å². The average Bonchev–Trinajstić information content (AvgIpc) is 3.46. The summed E-state index contributed by atoms with van der Waals surface area (Å²) in [5.74, 6) is 2.07. The lowest BCUT2D eigenvalue weighted by Crippen LogP contribution is -2.39. The van der Waals surface area contributed by atoms with Crippen molar-refractivity contribution in [3.8, 4) is 23.0 Å². The summed E-state index contributed by atoms with van der Waals surface area (Å²) in [4.78, 5) is 20.1. The van der Waals surface area contributed by atoms with Gasteiger partial charge in [0.2, 0.25) is 5.91 Å². The van der Waals surface area contributed by atoms with Crippen LogP contribution in [0.25, 0.3) is 0 Å². The van der Waals surface area contributed by atoms with E-state index in [4.69, 9.17) is 14.5 Å². The van der Waals surface area contributed by atoms with Crippen molar-refractivity contribution < 1.29 is 19.4 Å². The second kappa shape index (κ2) is 9.87. The van der Waals surface area contributed by atoms with Crippen LogP contribution in [0.3, 0.4) is 0 Å². The van der Waals surface area contributed by atoms with Gasteiger partial charge in [0.15, 0.2) is 23.0 Å². The zero-order valence-corrected chi connectivity index (χ0v) is 21.1. The fourth-order valence-corrected chi connectivity index (χ4v) is 5.80. The topological polar surface area (TPSA) is 83.9 Å². The molecule has 8 heteroatoms. The van der Waals surface area contributed by atoms with Gasteiger partial charge in [0.05, 0.1) is 19.3 Å². The van der Waals surface area contributed by atoms with Gasteiger partial charge >= 0.3 is 0 Å². The Morgan fingerprint density at radius 3 is 2.83 bits per heavy atom. The minimum atomic E-state index is -0.0226. The van der Waals surface area contributed by atoms with Gasteiger partial charge < -0.3 is 19.9 Å². The SMILES string of the molecule is COc1ccc2cc1Oc1cc(ccc1O)CCC(=O)N[C@@H]1CN(Cc3nc(C(C)C)cs3)C[C@@H]21. The first-order valence-corrected chi connectivity index (χ1v) is 12.9. The van der Waals surface area contributed by atoms with Crippen LogP contribution < -0.4 is 14.8 Å². The lowest BCUT2D eigenvalue weighted by molar-refractivity contribution is -0.121. The van der Waals surface area contributed by atoms with Crippen molar-refractivity contribution >= 4 is 17.2 Å². The van der Waals surface area contributed by atoms with Gasteiger partial charge in [-0.2, -0.15) is 0 Å². The maximum absolute atomic E-state index is 12.9. The van der Waals surface area contributed by atoms with Crippen LogP contribution >= 0.6 is 11.3 Å². The number of phenols is 1. The Labute approximate surface area is 209 Å². The highest BCUT2D eigenvalue weighted by atomic mass is 32.1. The van der Waals surface area contributed by atoms with E-state index in [0.717, 1.165) is 41.5 Å². The van der Waals surface area contributed by atoms with E-state index in [-0.39, 0.29) is 23.6 Å². The second-order valence-corrected chi connectivity index (χ2v) is 10.6. The van der Waals surface area contributed by atoms with Crippen molar-refractivity contribution in [3.05, 3.63) is 63.6 Å². The Balaban J connectivity index is 1.47. The van der Waals surface area contributed by atoms with Gasteiger partial charge in [-0.05, 0) is 47.7 Å². The molecule has 35 heavy (non-hydrogen) atoms. The number of rotatable bonds is 4. The first-order valence-electron chi connectivity index (χ1n) is 12.0. The van der Waals surface area contributed by atoms with Crippen LogP contribution in [0.5, 0.6) is 23.0 Å². The number of ether oxygens (including phenoxy) is 2. The number of fused-ring (bicyclic) bond motifs is 6. The van der Waals surface area contributed by atoms with Gasteiger partial charge in [-0.3, -0.25) is 9.69 Å². The molecule has 184 valence electrons. The molecule has 1 aromatic heterocycles. The zero-order valence-electron chi connectivity index (χ0n) is 20.3. The quantitative estimate of drug-likeness (QED) is 0.543. The molecule has 0 aliphatic carbocycles. The number of hydrogen-bond acceptors (Lipinski definition) is 7. The number of nitrogens with one attached hydrogen (secondary N) is 1. The Bertz CT molecular complexity index is 1220. The molecule has 2 aliphatic rings. The highest BCUT2D eigenvalue weighted by Gasteiger charge is 2.36. The van der Waals surface area contributed by atoms with E-state index in [1.165, 1.54) is 0 Å². The number of carbonyl (C=O) groups excluding carboxylic acids is 1. The fraction of sp³-hybridized carbons (Fsp3) is 0.407. The molecule has 2 aliphatic heterocycles. The summed E-state index contributed by atoms with van der Waals surface area (Å²) >= 11 is 1.70. The monoisotopic (exact) mass is 493 g/mol. The molecule has 5 rings (SSSR count). The third kappa shape index (κ3) is 5.13. The number of aromatic nitrogens is 1. The van der Waals surface area contributed by atoms with Crippen LogP contribution in [0, 0.1) is 0 Å². The first-order chi connectivity index (χ1) is 16.9. The normalized spacial score (nSPS) is 20.3. The van der Waals surface area contributed by atoms with Gasteiger partial charge in [-0.1, -0.05) is 26.0 Å². The third-order valence-electron chi connectivity index (χ3n) is 6.76. The molecule has 0 spiro atoms. The van der Waals surface area contributed by atoms with Crippen LogP contribution in [0.2, 0.25) is 0 Å². The predicted octanol–water partition coefficient (Wildman–Crippen LogP) is 4.80. The molecule has 0 radical (unpaired) electrons. The molecule has 1 saturated heterocycles. The number of aryl methyl sites for hydroxylation is 1. The Kier molecular flexibility index (Phi) is 6.67. The highest BCUT2D eigenvalue weighted by Crippen LogP contribution is 2.40. The summed E-state index contributed by atoms with van der Waals surface area (Å²) in [5, 5.41) is 16.9. The summed E-state index contributed by atoms with van der Waals surface area (Å²) < 4.78 is 11.7. The molecule has 2 atom stereocenters. The minimum absolute atomic E-state index is 0.0226. The van der Waals surface area contributed by atoms with Gasteiger partial charge in [-0.15, -0.1) is 11.3 Å². The van der Waals surface area contributed by atoms with Crippen molar-refractivity contribution in [1.29, 1.82) is 0 Å². The third-order valence-corrected chi connectivity index (χ3v) is 7.61. The number of methoxy groups -OCH3 is 1. The molecule has 2 N–H and O–H groups in total. The lowest BCUT2D eigenvalue weighted by Gasteiger charge is -2.21.